The highest BCUT2D eigenvalue weighted by molar-refractivity contribution is 6.07. The number of nitrogens with one attached hydrogen (secondary N) is 4. The van der Waals surface area contributed by atoms with E-state index in [1.807, 2.05) is 0 Å². The molecule has 270 valence electrons. The number of guanidine groups is 1. The van der Waals surface area contributed by atoms with Crippen LogP contribution < -0.4 is 32.7 Å². The summed E-state index contributed by atoms with van der Waals surface area (Å²) in [6.07, 6.45) is 0.376. The fourth-order valence-electron chi connectivity index (χ4n) is 5.19. The van der Waals surface area contributed by atoms with Crippen molar-refractivity contribution in [3.05, 3.63) is 59.7 Å². The number of phenols is 2. The number of hydrogen-bond donors (Lipinski definition) is 8. The minimum atomic E-state index is -1.36. The molecule has 1 unspecified atom stereocenters. The van der Waals surface area contributed by atoms with Crippen molar-refractivity contribution in [2.24, 2.45) is 22.4 Å². The Balaban J connectivity index is 0.00000901. The number of rotatable bonds is 18. The predicted molar refractivity (Wildman–Crippen MR) is 181 cm³/mol. The zero-order chi connectivity index (χ0) is 36.8. The van der Waals surface area contributed by atoms with Gasteiger partial charge in [0.25, 0.3) is 0 Å². The van der Waals surface area contributed by atoms with E-state index in [1.165, 1.54) is 48.5 Å². The monoisotopic (exact) mass is 696 g/mol. The number of aliphatic imine (C=N–C) groups is 1. The third kappa shape index (κ3) is 11.6. The van der Waals surface area contributed by atoms with Gasteiger partial charge in [-0.25, -0.2) is 0 Å². The Kier molecular flexibility index (Phi) is 14.2. The van der Waals surface area contributed by atoms with E-state index in [4.69, 9.17) is 11.5 Å². The van der Waals surface area contributed by atoms with Gasteiger partial charge in [-0.05, 0) is 48.2 Å². The largest absolute Gasteiger partial charge is 0.508 e. The van der Waals surface area contributed by atoms with Crippen LogP contribution in [0.15, 0.2) is 53.5 Å². The number of nitrogens with zero attached hydrogens (tertiary/aromatic N) is 2. The average Bonchev–Trinajstić information content (AvgIpc) is 3.33. The first kappa shape index (κ1) is 38.4. The number of likely N-dealkylation sites (tertiary alicyclic amines) is 1. The summed E-state index contributed by atoms with van der Waals surface area (Å²) in [5, 5.41) is 29.4. The van der Waals surface area contributed by atoms with E-state index in [0.717, 1.165) is 4.90 Å². The van der Waals surface area contributed by atoms with E-state index in [1.54, 1.807) is 6.92 Å². The second-order valence-electron chi connectivity index (χ2n) is 11.7. The van der Waals surface area contributed by atoms with Crippen LogP contribution in [-0.4, -0.2) is 101 Å². The Bertz CT molecular complexity index is 1580. The number of amides is 6. The molecule has 0 saturated carbocycles. The van der Waals surface area contributed by atoms with Gasteiger partial charge in [0.2, 0.25) is 35.4 Å². The molecule has 0 spiro atoms. The van der Waals surface area contributed by atoms with Gasteiger partial charge in [0.05, 0.1) is 13.1 Å². The van der Waals surface area contributed by atoms with Crippen molar-refractivity contribution in [2.75, 3.05) is 19.6 Å². The van der Waals surface area contributed by atoms with Crippen molar-refractivity contribution in [3.8, 4) is 11.5 Å². The summed E-state index contributed by atoms with van der Waals surface area (Å²) in [5.41, 5.74) is 11.8. The van der Waals surface area contributed by atoms with Gasteiger partial charge in [-0.15, -0.1) is 0 Å². The van der Waals surface area contributed by atoms with Crippen LogP contribution in [0.3, 0.4) is 0 Å². The van der Waals surface area contributed by atoms with Crippen molar-refractivity contribution in [1.29, 1.82) is 0 Å². The van der Waals surface area contributed by atoms with Crippen LogP contribution >= 0.6 is 0 Å². The third-order valence-corrected chi connectivity index (χ3v) is 7.78. The first-order valence-corrected chi connectivity index (χ1v) is 15.8. The number of carbonyl (C=O) groups excluding carboxylic acids is 7. The molecular weight excluding hydrogens is 652 g/mol. The molecule has 1 saturated heterocycles. The minimum absolute atomic E-state index is 0. The maximum absolute atomic E-state index is 14.0. The summed E-state index contributed by atoms with van der Waals surface area (Å²) in [5.74, 6) is -5.04. The number of phenolic OH excluding ortho intramolecular Hbond substituents is 2. The first-order valence-electron chi connectivity index (χ1n) is 15.8. The molecule has 0 aliphatic carbocycles. The average molecular weight is 697 g/mol. The molecule has 17 heteroatoms. The van der Waals surface area contributed by atoms with E-state index in [-0.39, 0.29) is 64.1 Å². The van der Waals surface area contributed by atoms with E-state index in [2.05, 4.69) is 26.3 Å². The lowest BCUT2D eigenvalue weighted by molar-refractivity contribution is -0.147. The molecule has 0 bridgehead atoms. The smallest absolute Gasteiger partial charge is 0.244 e. The Morgan fingerprint density at radius 2 is 1.48 bits per heavy atom. The van der Waals surface area contributed by atoms with Crippen LogP contribution in [-0.2, 0) is 46.4 Å². The van der Waals surface area contributed by atoms with Gasteiger partial charge < -0.3 is 47.7 Å². The molecule has 50 heavy (non-hydrogen) atoms. The van der Waals surface area contributed by atoms with Gasteiger partial charge in [0, 0.05) is 33.2 Å². The number of aromatic hydroxyl groups is 2. The summed E-state index contributed by atoms with van der Waals surface area (Å²) in [7, 11) is 0. The van der Waals surface area contributed by atoms with Crippen LogP contribution in [0.25, 0.3) is 0 Å². The molecule has 4 atom stereocenters. The molecule has 3 rings (SSSR count). The number of benzene rings is 2. The lowest BCUT2D eigenvalue weighted by atomic mass is 10.0. The second-order valence-corrected chi connectivity index (χ2v) is 11.7. The summed E-state index contributed by atoms with van der Waals surface area (Å²) < 4.78 is 0. The standard InChI is InChI=1S/C33H42N8O9.H2/c1-19-15-28(46)41(32(19)50)26(17-21-6-10-23(44)11-7-21)31(49)40-25(16-20-4-8-22(43)9-5-20)30(48)39-24(3-2-12-37-33(34)35)29(47)38-18-27(45)36-13-14-42;/h4-11,14,19,24-26,43-44H,2-3,12-13,15-18H2,1H3,(H,36,45)(H,38,47)(H,39,48)(H,40,49)(H4,34,35,37);1H/t19-,24-,25?,26-;/m0./s1. The number of imide groups is 1. The third-order valence-electron chi connectivity index (χ3n) is 7.78. The van der Waals surface area contributed by atoms with Crippen molar-refractivity contribution in [2.45, 2.75) is 57.2 Å². The maximum atomic E-state index is 14.0. The van der Waals surface area contributed by atoms with Crippen molar-refractivity contribution < 1.29 is 45.2 Å². The van der Waals surface area contributed by atoms with Crippen LogP contribution in [0.5, 0.6) is 11.5 Å². The molecule has 2 aromatic rings. The number of hydrogen-bond acceptors (Lipinski definition) is 10. The van der Waals surface area contributed by atoms with Crippen LogP contribution in [0, 0.1) is 5.92 Å². The van der Waals surface area contributed by atoms with Gasteiger partial charge in [0.15, 0.2) is 5.96 Å². The molecule has 10 N–H and O–H groups in total. The zero-order valence-corrected chi connectivity index (χ0v) is 27.5. The van der Waals surface area contributed by atoms with E-state index < -0.39 is 66.0 Å². The lowest BCUT2D eigenvalue weighted by Crippen LogP contribution is -2.58. The molecule has 0 aromatic heterocycles. The van der Waals surface area contributed by atoms with Gasteiger partial charge >= 0.3 is 0 Å². The van der Waals surface area contributed by atoms with E-state index >= 15 is 0 Å². The molecule has 17 nitrogen and oxygen atoms in total. The highest BCUT2D eigenvalue weighted by atomic mass is 16.3. The van der Waals surface area contributed by atoms with Crippen LogP contribution in [0.4, 0.5) is 0 Å². The fourth-order valence-corrected chi connectivity index (χ4v) is 5.19. The summed E-state index contributed by atoms with van der Waals surface area (Å²) in [6.45, 7) is 0.939. The van der Waals surface area contributed by atoms with Crippen LogP contribution in [0.1, 0.15) is 38.7 Å². The maximum Gasteiger partial charge on any atom is 0.244 e. The molecule has 6 amide bonds. The first-order chi connectivity index (χ1) is 23.8. The minimum Gasteiger partial charge on any atom is -0.508 e. The molecule has 2 aromatic carbocycles. The highest BCUT2D eigenvalue weighted by Gasteiger charge is 2.43. The van der Waals surface area contributed by atoms with E-state index in [9.17, 15) is 43.8 Å². The van der Waals surface area contributed by atoms with Crippen LogP contribution in [0.2, 0.25) is 0 Å². The van der Waals surface area contributed by atoms with Gasteiger partial charge in [0.1, 0.15) is 35.9 Å². The molecule has 1 heterocycles. The van der Waals surface area contributed by atoms with Crippen molar-refractivity contribution in [3.63, 3.8) is 0 Å². The summed E-state index contributed by atoms with van der Waals surface area (Å²) in [6, 6.07) is 7.75. The topological polar surface area (TPSA) is 276 Å². The zero-order valence-electron chi connectivity index (χ0n) is 27.5. The number of nitrogens with two attached hydrogens (primary N) is 2. The quantitative estimate of drug-likeness (QED) is 0.0287. The van der Waals surface area contributed by atoms with Gasteiger partial charge in [-0.1, -0.05) is 31.2 Å². The Hall–Kier alpha value is -6.00. The SMILES string of the molecule is C[C@H]1CC(=O)N([C@@H](Cc2ccc(O)cc2)C(=O)NC(Cc2ccc(O)cc2)C(=O)N[C@@H](CCCN=C(N)N)C(=O)NCC(=O)NCC=O)C1=O.[HH]. The van der Waals surface area contributed by atoms with Gasteiger partial charge in [-0.3, -0.25) is 38.7 Å². The molecule has 1 fully saturated rings. The number of carbonyl (C=O) groups is 7. The van der Waals surface area contributed by atoms with Gasteiger partial charge in [-0.2, -0.15) is 0 Å². The normalized spacial score (nSPS) is 15.7. The fraction of sp³-hybridized carbons (Fsp3) is 0.394. The predicted octanol–water partition coefficient (Wildman–Crippen LogP) is -1.65. The molecule has 1 aliphatic heterocycles. The summed E-state index contributed by atoms with van der Waals surface area (Å²) >= 11 is 0. The highest BCUT2D eigenvalue weighted by Crippen LogP contribution is 2.24. The summed E-state index contributed by atoms with van der Waals surface area (Å²) in [4.78, 5) is 94.4. The molecular formula is C33H44N8O9. The van der Waals surface area contributed by atoms with Crippen molar-refractivity contribution >= 4 is 47.7 Å². The lowest BCUT2D eigenvalue weighted by Gasteiger charge is -2.29. The Morgan fingerprint density at radius 1 is 0.900 bits per heavy atom. The second kappa shape index (κ2) is 18.5. The molecule has 0 radical (unpaired) electrons. The van der Waals surface area contributed by atoms with E-state index in [0.29, 0.717) is 17.4 Å². The Morgan fingerprint density at radius 3 is 2.02 bits per heavy atom. The van der Waals surface area contributed by atoms with Crippen molar-refractivity contribution in [1.82, 2.24) is 26.2 Å². The molecule has 1 aliphatic rings. The Labute approximate surface area is 289 Å². The number of aldehydes is 1.